The van der Waals surface area contributed by atoms with Crippen LogP contribution in [0.15, 0.2) is 42.7 Å². The fourth-order valence-corrected chi connectivity index (χ4v) is 1.91. The van der Waals surface area contributed by atoms with Gasteiger partial charge in [0.05, 0.1) is 0 Å². The summed E-state index contributed by atoms with van der Waals surface area (Å²) in [5.74, 6) is 0. The maximum absolute atomic E-state index is 5.85. The van der Waals surface area contributed by atoms with Crippen LogP contribution in [0.3, 0.4) is 0 Å². The van der Waals surface area contributed by atoms with Crippen molar-refractivity contribution in [3.05, 3.63) is 64.4 Å². The minimum Gasteiger partial charge on any atom is -0.312 e. The quantitative estimate of drug-likeness (QED) is 0.834. The molecular formula is C15H17ClN2. The van der Waals surface area contributed by atoms with Crippen LogP contribution in [0.5, 0.6) is 0 Å². The summed E-state index contributed by atoms with van der Waals surface area (Å²) in [7, 11) is 0. The van der Waals surface area contributed by atoms with E-state index in [0.29, 0.717) is 0 Å². The molecule has 18 heavy (non-hydrogen) atoms. The SMILES string of the molecule is Cc1ccncc1CNCCc1ccc(Cl)cc1. The van der Waals surface area contributed by atoms with Crippen molar-refractivity contribution in [3.8, 4) is 0 Å². The molecule has 2 nitrogen and oxygen atoms in total. The van der Waals surface area contributed by atoms with Gasteiger partial charge in [-0.2, -0.15) is 0 Å². The molecule has 0 aliphatic rings. The van der Waals surface area contributed by atoms with Crippen molar-refractivity contribution in [1.82, 2.24) is 10.3 Å². The Hall–Kier alpha value is -1.38. The van der Waals surface area contributed by atoms with E-state index in [2.05, 4.69) is 29.4 Å². The molecule has 94 valence electrons. The molecule has 3 heteroatoms. The highest BCUT2D eigenvalue weighted by molar-refractivity contribution is 6.30. The fraction of sp³-hybridized carbons (Fsp3) is 0.267. The van der Waals surface area contributed by atoms with Crippen molar-refractivity contribution < 1.29 is 0 Å². The van der Waals surface area contributed by atoms with Gasteiger partial charge in [-0.15, -0.1) is 0 Å². The Bertz CT molecular complexity index is 494. The van der Waals surface area contributed by atoms with Crippen molar-refractivity contribution in [1.29, 1.82) is 0 Å². The summed E-state index contributed by atoms with van der Waals surface area (Å²) in [6, 6.07) is 10.0. The number of rotatable bonds is 5. The van der Waals surface area contributed by atoms with Crippen LogP contribution in [0.1, 0.15) is 16.7 Å². The molecule has 0 saturated heterocycles. The van der Waals surface area contributed by atoms with E-state index in [1.165, 1.54) is 16.7 Å². The highest BCUT2D eigenvalue weighted by atomic mass is 35.5. The lowest BCUT2D eigenvalue weighted by Gasteiger charge is -2.07. The highest BCUT2D eigenvalue weighted by Crippen LogP contribution is 2.09. The van der Waals surface area contributed by atoms with E-state index in [1.807, 2.05) is 30.6 Å². The normalized spacial score (nSPS) is 10.6. The smallest absolute Gasteiger partial charge is 0.0406 e. The van der Waals surface area contributed by atoms with E-state index in [9.17, 15) is 0 Å². The highest BCUT2D eigenvalue weighted by Gasteiger charge is 1.97. The van der Waals surface area contributed by atoms with Gasteiger partial charge in [-0.3, -0.25) is 4.98 Å². The Morgan fingerprint density at radius 1 is 1.17 bits per heavy atom. The molecule has 0 radical (unpaired) electrons. The number of hydrogen-bond donors (Lipinski definition) is 1. The predicted molar refractivity (Wildman–Crippen MR) is 75.8 cm³/mol. The molecule has 1 aromatic heterocycles. The first-order chi connectivity index (χ1) is 8.75. The van der Waals surface area contributed by atoms with Gasteiger partial charge in [-0.05, 0) is 54.8 Å². The Balaban J connectivity index is 1.76. The Morgan fingerprint density at radius 3 is 2.67 bits per heavy atom. The number of aromatic nitrogens is 1. The van der Waals surface area contributed by atoms with Gasteiger partial charge < -0.3 is 5.32 Å². The molecule has 0 saturated carbocycles. The van der Waals surface area contributed by atoms with Gasteiger partial charge in [0.15, 0.2) is 0 Å². The first kappa shape index (κ1) is 13.1. The minimum atomic E-state index is 0.790. The third-order valence-corrected chi connectivity index (χ3v) is 3.22. The van der Waals surface area contributed by atoms with Crippen LogP contribution in [0.2, 0.25) is 5.02 Å². The Kier molecular flexibility index (Phi) is 4.73. The summed E-state index contributed by atoms with van der Waals surface area (Å²) in [5.41, 5.74) is 3.84. The van der Waals surface area contributed by atoms with Crippen molar-refractivity contribution in [2.75, 3.05) is 6.54 Å². The third kappa shape index (κ3) is 3.83. The summed E-state index contributed by atoms with van der Waals surface area (Å²) in [5, 5.41) is 4.22. The lowest BCUT2D eigenvalue weighted by atomic mass is 10.1. The number of hydrogen-bond acceptors (Lipinski definition) is 2. The second kappa shape index (κ2) is 6.53. The molecule has 2 rings (SSSR count). The van der Waals surface area contributed by atoms with Crippen LogP contribution in [-0.2, 0) is 13.0 Å². The van der Waals surface area contributed by atoms with Crippen molar-refractivity contribution in [2.45, 2.75) is 19.9 Å². The van der Waals surface area contributed by atoms with E-state index in [-0.39, 0.29) is 0 Å². The number of benzene rings is 1. The second-order valence-corrected chi connectivity index (χ2v) is 4.79. The molecule has 0 atom stereocenters. The summed E-state index contributed by atoms with van der Waals surface area (Å²) in [6.45, 7) is 3.93. The molecule has 0 unspecified atom stereocenters. The zero-order valence-electron chi connectivity index (χ0n) is 10.5. The first-order valence-corrected chi connectivity index (χ1v) is 6.48. The molecule has 0 aliphatic heterocycles. The summed E-state index contributed by atoms with van der Waals surface area (Å²) in [4.78, 5) is 4.14. The van der Waals surface area contributed by atoms with Crippen LogP contribution in [0.4, 0.5) is 0 Å². The molecule has 1 aromatic carbocycles. The van der Waals surface area contributed by atoms with E-state index in [1.54, 1.807) is 0 Å². The average molecular weight is 261 g/mol. The number of halogens is 1. The predicted octanol–water partition coefficient (Wildman–Crippen LogP) is 3.38. The third-order valence-electron chi connectivity index (χ3n) is 2.97. The summed E-state index contributed by atoms with van der Waals surface area (Å²) in [6.07, 6.45) is 4.76. The lowest BCUT2D eigenvalue weighted by Crippen LogP contribution is -2.17. The minimum absolute atomic E-state index is 0.790. The topological polar surface area (TPSA) is 24.9 Å². The Labute approximate surface area is 113 Å². The fourth-order valence-electron chi connectivity index (χ4n) is 1.79. The monoisotopic (exact) mass is 260 g/mol. The van der Waals surface area contributed by atoms with E-state index in [0.717, 1.165) is 24.5 Å². The van der Waals surface area contributed by atoms with Crippen LogP contribution in [-0.4, -0.2) is 11.5 Å². The van der Waals surface area contributed by atoms with Crippen LogP contribution in [0.25, 0.3) is 0 Å². The standard InChI is InChI=1S/C15H17ClN2/c1-12-6-8-17-10-14(12)11-18-9-7-13-2-4-15(16)5-3-13/h2-6,8,10,18H,7,9,11H2,1H3. The number of aryl methyl sites for hydroxylation is 1. The van der Waals surface area contributed by atoms with Crippen LogP contribution < -0.4 is 5.32 Å². The number of pyridine rings is 1. The molecule has 0 amide bonds. The van der Waals surface area contributed by atoms with Crippen molar-refractivity contribution in [3.63, 3.8) is 0 Å². The zero-order valence-corrected chi connectivity index (χ0v) is 11.2. The second-order valence-electron chi connectivity index (χ2n) is 4.36. The van der Waals surface area contributed by atoms with Gasteiger partial charge in [-0.25, -0.2) is 0 Å². The van der Waals surface area contributed by atoms with Gasteiger partial charge in [0, 0.05) is 24.0 Å². The van der Waals surface area contributed by atoms with E-state index < -0.39 is 0 Å². The average Bonchev–Trinajstić information content (AvgIpc) is 2.39. The number of nitrogens with one attached hydrogen (secondary N) is 1. The summed E-state index contributed by atoms with van der Waals surface area (Å²) < 4.78 is 0. The van der Waals surface area contributed by atoms with Crippen molar-refractivity contribution >= 4 is 11.6 Å². The molecule has 1 heterocycles. The lowest BCUT2D eigenvalue weighted by molar-refractivity contribution is 0.682. The van der Waals surface area contributed by atoms with Crippen molar-refractivity contribution in [2.24, 2.45) is 0 Å². The van der Waals surface area contributed by atoms with E-state index >= 15 is 0 Å². The van der Waals surface area contributed by atoms with Gasteiger partial charge in [0.25, 0.3) is 0 Å². The van der Waals surface area contributed by atoms with Crippen LogP contribution in [0, 0.1) is 6.92 Å². The molecule has 2 aromatic rings. The van der Waals surface area contributed by atoms with Crippen LogP contribution >= 0.6 is 11.6 Å². The zero-order chi connectivity index (χ0) is 12.8. The molecule has 0 bridgehead atoms. The molecule has 1 N–H and O–H groups in total. The largest absolute Gasteiger partial charge is 0.312 e. The molecule has 0 aliphatic carbocycles. The van der Waals surface area contributed by atoms with E-state index in [4.69, 9.17) is 11.6 Å². The molecular weight excluding hydrogens is 244 g/mol. The van der Waals surface area contributed by atoms with Gasteiger partial charge in [0.1, 0.15) is 0 Å². The summed E-state index contributed by atoms with van der Waals surface area (Å²) >= 11 is 5.85. The Morgan fingerprint density at radius 2 is 1.94 bits per heavy atom. The van der Waals surface area contributed by atoms with Gasteiger partial charge >= 0.3 is 0 Å². The van der Waals surface area contributed by atoms with Gasteiger partial charge in [-0.1, -0.05) is 23.7 Å². The number of nitrogens with zero attached hydrogens (tertiary/aromatic N) is 1. The maximum atomic E-state index is 5.85. The van der Waals surface area contributed by atoms with Gasteiger partial charge in [0.2, 0.25) is 0 Å². The first-order valence-electron chi connectivity index (χ1n) is 6.10. The maximum Gasteiger partial charge on any atom is 0.0406 e. The molecule has 0 fully saturated rings. The molecule has 0 spiro atoms.